The Bertz CT molecular complexity index is 326. The highest BCUT2D eigenvalue weighted by Gasteiger charge is 2.14. The predicted octanol–water partition coefficient (Wildman–Crippen LogP) is 1.95. The summed E-state index contributed by atoms with van der Waals surface area (Å²) in [6, 6.07) is 2.05. The lowest BCUT2D eigenvalue weighted by atomic mass is 10.1. The Morgan fingerprint density at radius 2 is 2.00 bits per heavy atom. The molecule has 0 bridgehead atoms. The van der Waals surface area contributed by atoms with Crippen LogP contribution in [0.5, 0.6) is 0 Å². The first kappa shape index (κ1) is 11.1. The van der Waals surface area contributed by atoms with Crippen LogP contribution in [0, 0.1) is 18.6 Å². The van der Waals surface area contributed by atoms with E-state index in [0.29, 0.717) is 5.56 Å². The van der Waals surface area contributed by atoms with E-state index in [2.05, 4.69) is 4.74 Å². The molecule has 78 valence electrons. The topological polar surface area (TPSA) is 29.5 Å². The summed E-state index contributed by atoms with van der Waals surface area (Å²) in [6.45, 7) is 1.50. The van der Waals surface area contributed by atoms with Gasteiger partial charge in [0.15, 0.2) is 0 Å². The molecule has 1 aromatic rings. The van der Waals surface area contributed by atoms with Crippen LogP contribution < -0.4 is 0 Å². The van der Waals surface area contributed by atoms with Crippen LogP contribution >= 0.6 is 0 Å². The second-order valence-electron chi connectivity index (χ2n) is 3.09. The predicted molar refractivity (Wildman–Crippen MR) is 47.9 cm³/mol. The Hall–Kier alpha value is -1.00. The molecule has 0 radical (unpaired) electrons. The molecule has 1 atom stereocenters. The third kappa shape index (κ3) is 2.27. The maximum atomic E-state index is 13.1. The van der Waals surface area contributed by atoms with Crippen molar-refractivity contribution in [2.75, 3.05) is 13.7 Å². The van der Waals surface area contributed by atoms with Gasteiger partial charge in [0.25, 0.3) is 0 Å². The molecule has 0 aliphatic carbocycles. The molecule has 1 unspecified atom stereocenters. The highest BCUT2D eigenvalue weighted by Crippen LogP contribution is 2.20. The first-order valence-corrected chi connectivity index (χ1v) is 4.18. The minimum Gasteiger partial charge on any atom is -0.386 e. The van der Waals surface area contributed by atoms with Gasteiger partial charge < -0.3 is 9.84 Å². The van der Waals surface area contributed by atoms with Crippen molar-refractivity contribution < 1.29 is 18.6 Å². The van der Waals surface area contributed by atoms with Gasteiger partial charge in [-0.1, -0.05) is 0 Å². The molecular weight excluding hydrogens is 190 g/mol. The van der Waals surface area contributed by atoms with Crippen molar-refractivity contribution >= 4 is 0 Å². The van der Waals surface area contributed by atoms with Crippen molar-refractivity contribution in [3.05, 3.63) is 34.9 Å². The summed E-state index contributed by atoms with van der Waals surface area (Å²) in [7, 11) is 1.40. The molecule has 0 amide bonds. The summed E-state index contributed by atoms with van der Waals surface area (Å²) in [5.41, 5.74) is 0.363. The van der Waals surface area contributed by atoms with E-state index in [1.807, 2.05) is 0 Å². The number of aliphatic hydroxyl groups is 1. The van der Waals surface area contributed by atoms with Crippen LogP contribution in [0.4, 0.5) is 8.78 Å². The average molecular weight is 202 g/mol. The lowest BCUT2D eigenvalue weighted by molar-refractivity contribution is 0.0620. The number of hydrogen-bond donors (Lipinski definition) is 1. The van der Waals surface area contributed by atoms with Crippen molar-refractivity contribution in [2.45, 2.75) is 13.0 Å². The zero-order valence-corrected chi connectivity index (χ0v) is 8.05. The van der Waals surface area contributed by atoms with Crippen LogP contribution in [0.3, 0.4) is 0 Å². The molecule has 4 heteroatoms. The smallest absolute Gasteiger partial charge is 0.132 e. The first-order valence-electron chi connectivity index (χ1n) is 4.18. The van der Waals surface area contributed by atoms with E-state index in [4.69, 9.17) is 0 Å². The molecule has 0 saturated heterocycles. The molecule has 1 rings (SSSR count). The maximum absolute atomic E-state index is 13.1. The zero-order chi connectivity index (χ0) is 10.7. The summed E-state index contributed by atoms with van der Waals surface area (Å²) >= 11 is 0. The van der Waals surface area contributed by atoms with E-state index in [-0.39, 0.29) is 12.2 Å². The Balaban J connectivity index is 3.02. The quantitative estimate of drug-likeness (QED) is 0.811. The summed E-state index contributed by atoms with van der Waals surface area (Å²) in [5, 5.41) is 9.43. The van der Waals surface area contributed by atoms with Crippen LogP contribution in [0.25, 0.3) is 0 Å². The van der Waals surface area contributed by atoms with E-state index in [1.54, 1.807) is 0 Å². The highest BCUT2D eigenvalue weighted by molar-refractivity contribution is 5.27. The van der Waals surface area contributed by atoms with Gasteiger partial charge in [-0.15, -0.1) is 0 Å². The van der Waals surface area contributed by atoms with Crippen LogP contribution in [-0.4, -0.2) is 18.8 Å². The number of benzene rings is 1. The van der Waals surface area contributed by atoms with Crippen LogP contribution in [0.1, 0.15) is 17.2 Å². The van der Waals surface area contributed by atoms with Gasteiger partial charge in [-0.05, 0) is 18.6 Å². The Kier molecular flexibility index (Phi) is 3.55. The molecule has 0 aliphatic rings. The summed E-state index contributed by atoms with van der Waals surface area (Å²) in [5.74, 6) is -1.37. The number of aliphatic hydroxyl groups excluding tert-OH is 1. The fraction of sp³-hybridized carbons (Fsp3) is 0.400. The van der Waals surface area contributed by atoms with E-state index in [9.17, 15) is 13.9 Å². The van der Waals surface area contributed by atoms with Crippen molar-refractivity contribution in [1.29, 1.82) is 0 Å². The largest absolute Gasteiger partial charge is 0.386 e. The molecule has 14 heavy (non-hydrogen) atoms. The molecule has 0 fully saturated rings. The maximum Gasteiger partial charge on any atom is 0.132 e. The molecule has 1 aromatic carbocycles. The number of aryl methyl sites for hydroxylation is 1. The van der Waals surface area contributed by atoms with E-state index >= 15 is 0 Å². The molecule has 0 saturated carbocycles. The highest BCUT2D eigenvalue weighted by atomic mass is 19.1. The lowest BCUT2D eigenvalue weighted by Crippen LogP contribution is -2.08. The molecular formula is C10H12F2O2. The Morgan fingerprint density at radius 1 is 1.36 bits per heavy atom. The van der Waals surface area contributed by atoms with E-state index in [0.717, 1.165) is 6.07 Å². The van der Waals surface area contributed by atoms with Gasteiger partial charge in [-0.2, -0.15) is 0 Å². The fourth-order valence-corrected chi connectivity index (χ4v) is 1.18. The number of rotatable bonds is 3. The lowest BCUT2D eigenvalue weighted by Gasteiger charge is -2.11. The van der Waals surface area contributed by atoms with Gasteiger partial charge in [0, 0.05) is 18.7 Å². The van der Waals surface area contributed by atoms with Gasteiger partial charge in [0.1, 0.15) is 17.7 Å². The normalized spacial score (nSPS) is 12.9. The number of halogens is 2. The average Bonchev–Trinajstić information content (AvgIpc) is 2.11. The van der Waals surface area contributed by atoms with Gasteiger partial charge in [0.05, 0.1) is 6.61 Å². The summed E-state index contributed by atoms with van der Waals surface area (Å²) in [4.78, 5) is 0. The Labute approximate surface area is 81.1 Å². The first-order chi connectivity index (χ1) is 6.56. The van der Waals surface area contributed by atoms with Gasteiger partial charge in [-0.3, -0.25) is 0 Å². The molecule has 0 aromatic heterocycles. The van der Waals surface area contributed by atoms with Crippen molar-refractivity contribution in [3.63, 3.8) is 0 Å². The number of hydrogen-bond acceptors (Lipinski definition) is 2. The van der Waals surface area contributed by atoms with Crippen molar-refractivity contribution in [3.8, 4) is 0 Å². The third-order valence-electron chi connectivity index (χ3n) is 1.96. The number of ether oxygens (including phenoxy) is 1. The summed E-state index contributed by atoms with van der Waals surface area (Å²) < 4.78 is 30.7. The standard InChI is InChI=1S/C10H12F2O2/c1-6-3-7(10(13)5-14-2)9(12)4-8(6)11/h3-4,10,13H,5H2,1-2H3. The fourth-order valence-electron chi connectivity index (χ4n) is 1.18. The van der Waals surface area contributed by atoms with E-state index in [1.165, 1.54) is 20.1 Å². The molecule has 1 N–H and O–H groups in total. The minimum absolute atomic E-state index is 0.0119. The monoisotopic (exact) mass is 202 g/mol. The van der Waals surface area contributed by atoms with Crippen LogP contribution in [0.2, 0.25) is 0 Å². The second-order valence-corrected chi connectivity index (χ2v) is 3.09. The van der Waals surface area contributed by atoms with Gasteiger partial charge in [0.2, 0.25) is 0 Å². The van der Waals surface area contributed by atoms with Gasteiger partial charge >= 0.3 is 0 Å². The second kappa shape index (κ2) is 4.48. The molecule has 0 heterocycles. The van der Waals surface area contributed by atoms with Gasteiger partial charge in [-0.25, -0.2) is 8.78 Å². The van der Waals surface area contributed by atoms with E-state index < -0.39 is 17.7 Å². The Morgan fingerprint density at radius 3 is 2.57 bits per heavy atom. The summed E-state index contributed by atoms with van der Waals surface area (Å²) in [6.07, 6.45) is -1.06. The van der Waals surface area contributed by atoms with Crippen LogP contribution in [-0.2, 0) is 4.74 Å². The van der Waals surface area contributed by atoms with Crippen molar-refractivity contribution in [1.82, 2.24) is 0 Å². The minimum atomic E-state index is -1.06. The third-order valence-corrected chi connectivity index (χ3v) is 1.96. The molecule has 2 nitrogen and oxygen atoms in total. The number of methoxy groups -OCH3 is 1. The SMILES string of the molecule is COCC(O)c1cc(C)c(F)cc1F. The van der Waals surface area contributed by atoms with Crippen molar-refractivity contribution in [2.24, 2.45) is 0 Å². The molecule has 0 aliphatic heterocycles. The zero-order valence-electron chi connectivity index (χ0n) is 8.05. The molecule has 0 spiro atoms. The van der Waals surface area contributed by atoms with Crippen LogP contribution in [0.15, 0.2) is 12.1 Å².